The average Bonchev–Trinajstić information content (AvgIpc) is 2.75. The third-order valence-corrected chi connectivity index (χ3v) is 4.94. The topological polar surface area (TPSA) is 66.1 Å². The molecule has 0 aliphatic heterocycles. The third kappa shape index (κ3) is 3.94. The number of benzene rings is 3. The summed E-state index contributed by atoms with van der Waals surface area (Å²) in [6.07, 6.45) is 0. The number of para-hydroxylation sites is 1. The van der Waals surface area contributed by atoms with Crippen molar-refractivity contribution in [2.75, 3.05) is 7.05 Å². The highest BCUT2D eigenvalue weighted by Gasteiger charge is 2.26. The Hall–Kier alpha value is -3.73. The number of nitrogens with zero attached hydrogens (tertiary/aromatic N) is 2. The van der Waals surface area contributed by atoms with Crippen LogP contribution in [-0.4, -0.2) is 27.8 Å². The Balaban J connectivity index is 1.65. The second-order valence-corrected chi connectivity index (χ2v) is 6.98. The number of hydrogen-bond donors (Lipinski definition) is 1. The van der Waals surface area contributed by atoms with Crippen LogP contribution >= 0.6 is 0 Å². The average molecular weight is 383 g/mol. The Kier molecular flexibility index (Phi) is 5.20. The van der Waals surface area contributed by atoms with Crippen molar-refractivity contribution in [3.63, 3.8) is 0 Å². The van der Waals surface area contributed by atoms with Gasteiger partial charge in [0.15, 0.2) is 0 Å². The van der Waals surface area contributed by atoms with Gasteiger partial charge in [-0.1, -0.05) is 72.8 Å². The van der Waals surface area contributed by atoms with Gasteiger partial charge in [-0.3, -0.25) is 9.59 Å². The van der Waals surface area contributed by atoms with Gasteiger partial charge in [0.1, 0.15) is 5.82 Å². The first-order valence-electron chi connectivity index (χ1n) is 9.46. The van der Waals surface area contributed by atoms with E-state index in [2.05, 4.69) is 9.97 Å². The van der Waals surface area contributed by atoms with E-state index in [4.69, 9.17) is 0 Å². The molecule has 1 N–H and O–H groups in total. The lowest BCUT2D eigenvalue weighted by atomic mass is 9.90. The molecule has 0 spiro atoms. The molecule has 4 aromatic rings. The molecule has 0 atom stereocenters. The van der Waals surface area contributed by atoms with E-state index in [-0.39, 0.29) is 18.0 Å². The van der Waals surface area contributed by atoms with Crippen molar-refractivity contribution in [1.82, 2.24) is 14.9 Å². The van der Waals surface area contributed by atoms with Crippen LogP contribution in [0, 0.1) is 0 Å². The van der Waals surface area contributed by atoms with Crippen LogP contribution in [0.1, 0.15) is 22.9 Å². The van der Waals surface area contributed by atoms with Gasteiger partial charge in [-0.25, -0.2) is 4.98 Å². The van der Waals surface area contributed by atoms with Gasteiger partial charge in [0, 0.05) is 7.05 Å². The SMILES string of the molecule is CN(Cc1nc2ccccc2c(=O)[nH]1)C(=O)C(c1ccccc1)c1ccccc1. The monoisotopic (exact) mass is 383 g/mol. The number of aromatic nitrogens is 2. The van der Waals surface area contributed by atoms with E-state index in [1.165, 1.54) is 0 Å². The second-order valence-electron chi connectivity index (χ2n) is 6.98. The number of carbonyl (C=O) groups is 1. The minimum Gasteiger partial charge on any atom is -0.337 e. The first-order valence-corrected chi connectivity index (χ1v) is 9.46. The number of fused-ring (bicyclic) bond motifs is 1. The number of rotatable bonds is 5. The molecule has 0 radical (unpaired) electrons. The molecular weight excluding hydrogens is 362 g/mol. The molecule has 5 nitrogen and oxygen atoms in total. The Morgan fingerprint density at radius 1 is 0.897 bits per heavy atom. The van der Waals surface area contributed by atoms with Crippen molar-refractivity contribution >= 4 is 16.8 Å². The van der Waals surface area contributed by atoms with Crippen LogP contribution in [-0.2, 0) is 11.3 Å². The quantitative estimate of drug-likeness (QED) is 0.571. The number of hydrogen-bond acceptors (Lipinski definition) is 3. The van der Waals surface area contributed by atoms with Crippen molar-refractivity contribution in [1.29, 1.82) is 0 Å². The lowest BCUT2D eigenvalue weighted by Crippen LogP contribution is -2.33. The van der Waals surface area contributed by atoms with Gasteiger partial charge in [-0.15, -0.1) is 0 Å². The molecule has 5 heteroatoms. The molecule has 29 heavy (non-hydrogen) atoms. The van der Waals surface area contributed by atoms with Crippen molar-refractivity contribution in [2.45, 2.75) is 12.5 Å². The summed E-state index contributed by atoms with van der Waals surface area (Å²) in [6.45, 7) is 0.217. The predicted molar refractivity (Wildman–Crippen MR) is 114 cm³/mol. The Bertz CT molecular complexity index is 1150. The zero-order chi connectivity index (χ0) is 20.2. The van der Waals surface area contributed by atoms with Gasteiger partial charge < -0.3 is 9.88 Å². The summed E-state index contributed by atoms with van der Waals surface area (Å²) in [7, 11) is 1.73. The van der Waals surface area contributed by atoms with E-state index in [1.807, 2.05) is 66.7 Å². The lowest BCUT2D eigenvalue weighted by molar-refractivity contribution is -0.131. The highest BCUT2D eigenvalue weighted by Crippen LogP contribution is 2.26. The third-order valence-electron chi connectivity index (χ3n) is 4.94. The summed E-state index contributed by atoms with van der Waals surface area (Å²) in [4.78, 5) is 34.6. The van der Waals surface area contributed by atoms with Crippen molar-refractivity contribution in [3.05, 3.63) is 112 Å². The van der Waals surface area contributed by atoms with E-state index in [1.54, 1.807) is 30.1 Å². The Labute approximate surface area is 168 Å². The van der Waals surface area contributed by atoms with E-state index >= 15 is 0 Å². The minimum atomic E-state index is -0.422. The van der Waals surface area contributed by atoms with Gasteiger partial charge in [0.2, 0.25) is 5.91 Å². The Morgan fingerprint density at radius 3 is 2.07 bits per heavy atom. The van der Waals surface area contributed by atoms with Crippen LogP contribution in [0.5, 0.6) is 0 Å². The Morgan fingerprint density at radius 2 is 1.45 bits per heavy atom. The molecule has 144 valence electrons. The summed E-state index contributed by atoms with van der Waals surface area (Å²) in [5, 5.41) is 0.539. The normalized spacial score (nSPS) is 11.0. The van der Waals surface area contributed by atoms with Crippen LogP contribution in [0.3, 0.4) is 0 Å². The number of aromatic amines is 1. The molecule has 1 aromatic heterocycles. The molecule has 1 amide bonds. The van der Waals surface area contributed by atoms with Crippen LogP contribution in [0.25, 0.3) is 10.9 Å². The fraction of sp³-hybridized carbons (Fsp3) is 0.125. The molecule has 0 bridgehead atoms. The maximum absolute atomic E-state index is 13.4. The van der Waals surface area contributed by atoms with Crippen molar-refractivity contribution in [2.24, 2.45) is 0 Å². The van der Waals surface area contributed by atoms with E-state index in [0.29, 0.717) is 16.7 Å². The predicted octanol–water partition coefficient (Wildman–Crippen LogP) is 3.71. The van der Waals surface area contributed by atoms with E-state index < -0.39 is 5.92 Å². The van der Waals surface area contributed by atoms with Crippen molar-refractivity contribution in [3.8, 4) is 0 Å². The van der Waals surface area contributed by atoms with Crippen LogP contribution in [0.2, 0.25) is 0 Å². The molecule has 0 fully saturated rings. The zero-order valence-electron chi connectivity index (χ0n) is 16.1. The molecule has 0 aliphatic carbocycles. The van der Waals surface area contributed by atoms with Crippen LogP contribution in [0.4, 0.5) is 0 Å². The maximum Gasteiger partial charge on any atom is 0.258 e. The minimum absolute atomic E-state index is 0.0572. The van der Waals surface area contributed by atoms with Gasteiger partial charge in [0.25, 0.3) is 5.56 Å². The largest absolute Gasteiger partial charge is 0.337 e. The summed E-state index contributed by atoms with van der Waals surface area (Å²) < 4.78 is 0. The maximum atomic E-state index is 13.4. The highest BCUT2D eigenvalue weighted by atomic mass is 16.2. The molecule has 0 saturated carbocycles. The summed E-state index contributed by atoms with van der Waals surface area (Å²) in [5.41, 5.74) is 2.27. The van der Waals surface area contributed by atoms with Crippen LogP contribution < -0.4 is 5.56 Å². The fourth-order valence-corrected chi connectivity index (χ4v) is 3.50. The summed E-state index contributed by atoms with van der Waals surface area (Å²) in [5.74, 6) is -0.0165. The first-order chi connectivity index (χ1) is 14.1. The number of H-pyrrole nitrogens is 1. The van der Waals surface area contributed by atoms with Gasteiger partial charge in [-0.05, 0) is 23.3 Å². The molecule has 4 rings (SSSR count). The first kappa shape index (κ1) is 18.6. The molecule has 0 saturated heterocycles. The second kappa shape index (κ2) is 8.10. The summed E-state index contributed by atoms with van der Waals surface area (Å²) in [6, 6.07) is 26.6. The standard InChI is InChI=1S/C24H21N3O2/c1-27(16-21-25-20-15-9-8-14-19(20)23(28)26-21)24(29)22(17-10-4-2-5-11-17)18-12-6-3-7-13-18/h2-15,22H,16H2,1H3,(H,25,26,28). The van der Waals surface area contributed by atoms with E-state index in [0.717, 1.165) is 11.1 Å². The number of amides is 1. The van der Waals surface area contributed by atoms with E-state index in [9.17, 15) is 9.59 Å². The number of carbonyl (C=O) groups excluding carboxylic acids is 1. The molecule has 3 aromatic carbocycles. The zero-order valence-corrected chi connectivity index (χ0v) is 16.1. The lowest BCUT2D eigenvalue weighted by Gasteiger charge is -2.24. The molecule has 0 aliphatic rings. The number of likely N-dealkylation sites (N-methyl/N-ethyl adjacent to an activating group) is 1. The molecular formula is C24H21N3O2. The molecule has 1 heterocycles. The molecule has 0 unspecified atom stereocenters. The number of nitrogens with one attached hydrogen (secondary N) is 1. The van der Waals surface area contributed by atoms with Gasteiger partial charge >= 0.3 is 0 Å². The van der Waals surface area contributed by atoms with Crippen molar-refractivity contribution < 1.29 is 4.79 Å². The summed E-state index contributed by atoms with van der Waals surface area (Å²) >= 11 is 0. The fourth-order valence-electron chi connectivity index (χ4n) is 3.50. The van der Waals surface area contributed by atoms with Crippen LogP contribution in [0.15, 0.2) is 89.7 Å². The van der Waals surface area contributed by atoms with Gasteiger partial charge in [0.05, 0.1) is 23.4 Å². The highest BCUT2D eigenvalue weighted by molar-refractivity contribution is 5.87. The smallest absolute Gasteiger partial charge is 0.258 e. The van der Waals surface area contributed by atoms with Gasteiger partial charge in [-0.2, -0.15) is 0 Å².